The van der Waals surface area contributed by atoms with E-state index in [9.17, 15) is 13.2 Å². The molecule has 0 bridgehead atoms. The second-order valence-electron chi connectivity index (χ2n) is 6.48. The van der Waals surface area contributed by atoms with Gasteiger partial charge in [-0.25, -0.2) is 8.42 Å². The third-order valence-corrected chi connectivity index (χ3v) is 6.83. The van der Waals surface area contributed by atoms with Gasteiger partial charge < -0.3 is 9.64 Å². The van der Waals surface area contributed by atoms with Gasteiger partial charge in [-0.05, 0) is 49.9 Å². The Morgan fingerprint density at radius 1 is 1.08 bits per heavy atom. The van der Waals surface area contributed by atoms with Crippen molar-refractivity contribution in [3.63, 3.8) is 0 Å². The van der Waals surface area contributed by atoms with E-state index in [1.54, 1.807) is 47.5 Å². The van der Waals surface area contributed by atoms with Crippen LogP contribution in [0.15, 0.2) is 29.2 Å². The SMILES string of the molecule is COc1ccc(S(=O)(=O)N(C2CC2)C2CCN(C(C)=O)CC2)cc1. The van der Waals surface area contributed by atoms with Crippen LogP contribution in [0.5, 0.6) is 5.75 Å². The smallest absolute Gasteiger partial charge is 0.243 e. The third-order valence-electron chi connectivity index (χ3n) is 4.81. The molecule has 0 unspecified atom stereocenters. The first-order valence-corrected chi connectivity index (χ1v) is 9.80. The van der Waals surface area contributed by atoms with Gasteiger partial charge in [0.2, 0.25) is 15.9 Å². The van der Waals surface area contributed by atoms with E-state index in [0.29, 0.717) is 36.6 Å². The Hall–Kier alpha value is -1.60. The number of piperidine rings is 1. The van der Waals surface area contributed by atoms with Gasteiger partial charge in [-0.15, -0.1) is 0 Å². The number of ether oxygens (including phenoxy) is 1. The monoisotopic (exact) mass is 352 g/mol. The van der Waals surface area contributed by atoms with E-state index < -0.39 is 10.0 Å². The molecule has 1 saturated heterocycles. The number of carbonyl (C=O) groups is 1. The van der Waals surface area contributed by atoms with Crippen LogP contribution in [0.25, 0.3) is 0 Å². The van der Waals surface area contributed by atoms with Crippen molar-refractivity contribution in [3.05, 3.63) is 24.3 Å². The molecule has 1 heterocycles. The van der Waals surface area contributed by atoms with E-state index in [2.05, 4.69) is 0 Å². The van der Waals surface area contributed by atoms with Gasteiger partial charge in [0.05, 0.1) is 12.0 Å². The van der Waals surface area contributed by atoms with E-state index in [-0.39, 0.29) is 18.0 Å². The number of amides is 1. The Balaban J connectivity index is 1.81. The first-order valence-electron chi connectivity index (χ1n) is 8.36. The maximum absolute atomic E-state index is 13.1. The summed E-state index contributed by atoms with van der Waals surface area (Å²) in [5, 5.41) is 0. The molecule has 0 spiro atoms. The summed E-state index contributed by atoms with van der Waals surface area (Å²) in [6.07, 6.45) is 3.24. The van der Waals surface area contributed by atoms with Crippen molar-refractivity contribution in [1.82, 2.24) is 9.21 Å². The molecule has 2 aliphatic rings. The van der Waals surface area contributed by atoms with E-state index in [1.807, 2.05) is 0 Å². The zero-order valence-corrected chi connectivity index (χ0v) is 15.0. The number of carbonyl (C=O) groups excluding carboxylic acids is 1. The molecule has 3 rings (SSSR count). The summed E-state index contributed by atoms with van der Waals surface area (Å²) in [4.78, 5) is 13.6. The highest BCUT2D eigenvalue weighted by Crippen LogP contribution is 2.37. The Morgan fingerprint density at radius 3 is 2.08 bits per heavy atom. The van der Waals surface area contributed by atoms with Crippen LogP contribution in [0.3, 0.4) is 0 Å². The summed E-state index contributed by atoms with van der Waals surface area (Å²) in [5.74, 6) is 0.700. The fourth-order valence-corrected chi connectivity index (χ4v) is 5.25. The number of rotatable bonds is 5. The van der Waals surface area contributed by atoms with Crippen molar-refractivity contribution in [1.29, 1.82) is 0 Å². The molecule has 1 aliphatic heterocycles. The number of hydrogen-bond donors (Lipinski definition) is 0. The second-order valence-corrected chi connectivity index (χ2v) is 8.32. The van der Waals surface area contributed by atoms with E-state index >= 15 is 0 Å². The van der Waals surface area contributed by atoms with Crippen LogP contribution in [0.1, 0.15) is 32.6 Å². The zero-order chi connectivity index (χ0) is 17.3. The Morgan fingerprint density at radius 2 is 1.62 bits per heavy atom. The van der Waals surface area contributed by atoms with Crippen LogP contribution in [0.2, 0.25) is 0 Å². The van der Waals surface area contributed by atoms with E-state index in [4.69, 9.17) is 4.74 Å². The lowest BCUT2D eigenvalue weighted by molar-refractivity contribution is -0.130. The van der Waals surface area contributed by atoms with E-state index in [1.165, 1.54) is 0 Å². The summed E-state index contributed by atoms with van der Waals surface area (Å²) in [7, 11) is -1.97. The second kappa shape index (κ2) is 6.72. The van der Waals surface area contributed by atoms with Crippen LogP contribution in [-0.4, -0.2) is 55.8 Å². The number of benzene rings is 1. The Labute approximate surface area is 143 Å². The first-order chi connectivity index (χ1) is 11.4. The van der Waals surface area contributed by atoms with Crippen LogP contribution in [0, 0.1) is 0 Å². The molecular weight excluding hydrogens is 328 g/mol. The lowest BCUT2D eigenvalue weighted by atomic mass is 10.0. The quantitative estimate of drug-likeness (QED) is 0.811. The molecule has 0 atom stereocenters. The molecule has 1 saturated carbocycles. The molecule has 0 N–H and O–H groups in total. The maximum atomic E-state index is 13.1. The number of likely N-dealkylation sites (tertiary alicyclic amines) is 1. The van der Waals surface area contributed by atoms with Crippen LogP contribution in [-0.2, 0) is 14.8 Å². The largest absolute Gasteiger partial charge is 0.497 e. The minimum absolute atomic E-state index is 0.0276. The summed E-state index contributed by atoms with van der Waals surface area (Å²) in [6, 6.07) is 6.64. The molecule has 2 fully saturated rings. The van der Waals surface area contributed by atoms with Gasteiger partial charge in [0.25, 0.3) is 0 Å². The van der Waals surface area contributed by atoms with Crippen LogP contribution < -0.4 is 4.74 Å². The lowest BCUT2D eigenvalue weighted by Crippen LogP contribution is -2.49. The van der Waals surface area contributed by atoms with Gasteiger partial charge >= 0.3 is 0 Å². The van der Waals surface area contributed by atoms with Gasteiger partial charge in [-0.1, -0.05) is 0 Å². The first kappa shape index (κ1) is 17.2. The minimum atomic E-state index is -3.53. The number of methoxy groups -OCH3 is 1. The predicted octanol–water partition coefficient (Wildman–Crippen LogP) is 1.86. The van der Waals surface area contributed by atoms with E-state index in [0.717, 1.165) is 12.8 Å². The molecule has 7 heteroatoms. The highest BCUT2D eigenvalue weighted by Gasteiger charge is 2.43. The van der Waals surface area contributed by atoms with Crippen molar-refractivity contribution in [2.24, 2.45) is 0 Å². The number of sulfonamides is 1. The highest BCUT2D eigenvalue weighted by atomic mass is 32.2. The fraction of sp³-hybridized carbons (Fsp3) is 0.588. The van der Waals surface area contributed by atoms with Gasteiger partial charge in [-0.2, -0.15) is 4.31 Å². The lowest BCUT2D eigenvalue weighted by Gasteiger charge is -2.37. The minimum Gasteiger partial charge on any atom is -0.497 e. The summed E-state index contributed by atoms with van der Waals surface area (Å²) >= 11 is 0. The van der Waals surface area contributed by atoms with Crippen molar-refractivity contribution >= 4 is 15.9 Å². The molecule has 0 aromatic heterocycles. The summed E-state index contributed by atoms with van der Waals surface area (Å²) < 4.78 is 33.1. The van der Waals surface area contributed by atoms with Crippen molar-refractivity contribution in [3.8, 4) is 5.75 Å². The highest BCUT2D eigenvalue weighted by molar-refractivity contribution is 7.89. The molecule has 24 heavy (non-hydrogen) atoms. The van der Waals surface area contributed by atoms with Crippen molar-refractivity contribution in [2.45, 2.75) is 49.6 Å². The molecule has 132 valence electrons. The average molecular weight is 352 g/mol. The van der Waals surface area contributed by atoms with Gasteiger partial charge in [0.1, 0.15) is 5.75 Å². The van der Waals surface area contributed by atoms with Gasteiger partial charge in [-0.3, -0.25) is 4.79 Å². The molecular formula is C17H24N2O4S. The van der Waals surface area contributed by atoms with Gasteiger partial charge in [0.15, 0.2) is 0 Å². The Kier molecular flexibility index (Phi) is 4.83. The fourth-order valence-electron chi connectivity index (χ4n) is 3.32. The molecule has 0 radical (unpaired) electrons. The van der Waals surface area contributed by atoms with Gasteiger partial charge in [0, 0.05) is 32.1 Å². The topological polar surface area (TPSA) is 66.9 Å². The standard InChI is InChI=1S/C17H24N2O4S/c1-13(20)18-11-9-15(10-12-18)19(14-3-4-14)24(21,22)17-7-5-16(23-2)6-8-17/h5-8,14-15H,3-4,9-12H2,1-2H3. The third kappa shape index (κ3) is 3.42. The molecule has 1 aromatic carbocycles. The predicted molar refractivity (Wildman–Crippen MR) is 90.3 cm³/mol. The number of hydrogen-bond acceptors (Lipinski definition) is 4. The molecule has 1 aliphatic carbocycles. The molecule has 1 amide bonds. The number of nitrogens with zero attached hydrogens (tertiary/aromatic N) is 2. The summed E-state index contributed by atoms with van der Waals surface area (Å²) in [5.41, 5.74) is 0. The maximum Gasteiger partial charge on any atom is 0.243 e. The van der Waals surface area contributed by atoms with Crippen LogP contribution >= 0.6 is 0 Å². The Bertz CT molecular complexity index is 690. The van der Waals surface area contributed by atoms with Crippen molar-refractivity contribution < 1.29 is 17.9 Å². The molecule has 1 aromatic rings. The van der Waals surface area contributed by atoms with Crippen LogP contribution in [0.4, 0.5) is 0 Å². The summed E-state index contributed by atoms with van der Waals surface area (Å²) in [6.45, 7) is 2.82. The van der Waals surface area contributed by atoms with Crippen molar-refractivity contribution in [2.75, 3.05) is 20.2 Å². The average Bonchev–Trinajstić information content (AvgIpc) is 3.40. The zero-order valence-electron chi connectivity index (χ0n) is 14.1. The normalized spacial score (nSPS) is 19.5. The molecule has 6 nitrogen and oxygen atoms in total.